The first-order valence-corrected chi connectivity index (χ1v) is 12.1. The molecule has 0 atom stereocenters. The highest BCUT2D eigenvalue weighted by atomic mass is 79.9. The summed E-state index contributed by atoms with van der Waals surface area (Å²) in [6, 6.07) is 4.30. The highest BCUT2D eigenvalue weighted by molar-refractivity contribution is 9.09. The summed E-state index contributed by atoms with van der Waals surface area (Å²) in [7, 11) is 0. The third-order valence-corrected chi connectivity index (χ3v) is 5.46. The van der Waals surface area contributed by atoms with Crippen LogP contribution in [-0.2, 0) is 0 Å². The normalized spacial score (nSPS) is 12.4. The second kappa shape index (κ2) is 13.4. The van der Waals surface area contributed by atoms with E-state index < -0.39 is 80.1 Å². The van der Waals surface area contributed by atoms with Crippen LogP contribution in [0.5, 0.6) is 11.5 Å². The lowest BCUT2D eigenvalue weighted by atomic mass is 10.1. The van der Waals surface area contributed by atoms with Crippen LogP contribution in [0.15, 0.2) is 46.2 Å². The molecule has 0 aromatic heterocycles. The molecule has 0 radical (unpaired) electrons. The number of rotatable bonds is 7. The van der Waals surface area contributed by atoms with Gasteiger partial charge in [-0.2, -0.15) is 26.3 Å². The predicted octanol–water partition coefficient (Wildman–Crippen LogP) is 9.17. The zero-order valence-corrected chi connectivity index (χ0v) is 21.8. The molecule has 4 nitrogen and oxygen atoms in total. The Kier molecular flexibility index (Phi) is 11.9. The van der Waals surface area contributed by atoms with Gasteiger partial charge in [-0.1, -0.05) is 15.9 Å². The minimum Gasteiger partial charge on any atom is -0.406 e. The predicted molar refractivity (Wildman–Crippen MR) is 118 cm³/mol. The van der Waals surface area contributed by atoms with Gasteiger partial charge in [-0.25, -0.2) is 0 Å². The van der Waals surface area contributed by atoms with Gasteiger partial charge >= 0.3 is 23.7 Å². The van der Waals surface area contributed by atoms with E-state index in [1.165, 1.54) is 0 Å². The van der Waals surface area contributed by atoms with Gasteiger partial charge in [-0.15, -0.1) is 26.3 Å². The number of alkyl halides is 13. The van der Waals surface area contributed by atoms with Crippen LogP contribution in [0.2, 0.25) is 0 Å². The highest BCUT2D eigenvalue weighted by Gasteiger charge is 2.34. The number of Topliss-reactive ketones (excluding diaryl/α,β-unsaturated/α-hetero) is 2. The van der Waals surface area contributed by atoms with Gasteiger partial charge in [0.25, 0.3) is 0 Å². The Morgan fingerprint density at radius 1 is 0.667 bits per heavy atom. The Hall–Kier alpha value is -2.28. The monoisotopic (exact) mass is 686 g/mol. The topological polar surface area (TPSA) is 52.6 Å². The van der Waals surface area contributed by atoms with Crippen LogP contribution in [0.3, 0.4) is 0 Å². The Bertz CT molecular complexity index is 1090. The summed E-state index contributed by atoms with van der Waals surface area (Å²) in [5.74, 6) is -3.08. The van der Waals surface area contributed by atoms with E-state index in [2.05, 4.69) is 25.4 Å². The second-order valence-corrected chi connectivity index (χ2v) is 9.53. The molecule has 0 saturated heterocycles. The van der Waals surface area contributed by atoms with Crippen LogP contribution in [0.4, 0.5) is 52.7 Å². The molecular formula is C20H11BrF12O4S2. The summed E-state index contributed by atoms with van der Waals surface area (Å²) in [5, 5.41) is -0.238. The first kappa shape index (κ1) is 34.7. The summed E-state index contributed by atoms with van der Waals surface area (Å²) in [5.41, 5.74) is -9.97. The molecule has 0 spiro atoms. The molecule has 0 aliphatic rings. The minimum absolute atomic E-state index is 0.238. The lowest BCUT2D eigenvalue weighted by Crippen LogP contribution is -2.17. The first-order valence-electron chi connectivity index (χ1n) is 9.39. The van der Waals surface area contributed by atoms with Crippen LogP contribution < -0.4 is 9.47 Å². The van der Waals surface area contributed by atoms with Crippen molar-refractivity contribution in [3.8, 4) is 11.5 Å². The molecule has 19 heteroatoms. The van der Waals surface area contributed by atoms with Crippen molar-refractivity contribution in [2.45, 2.75) is 40.5 Å². The number of halogens is 13. The third-order valence-electron chi connectivity index (χ3n) is 3.54. The fourth-order valence-electron chi connectivity index (χ4n) is 2.36. The summed E-state index contributed by atoms with van der Waals surface area (Å²) >= 11 is 1.52. The number of ether oxygens (including phenoxy) is 2. The molecule has 0 aliphatic heterocycles. The number of benzene rings is 2. The number of carbonyl (C=O) groups is 2. The van der Waals surface area contributed by atoms with E-state index >= 15 is 0 Å². The van der Waals surface area contributed by atoms with Gasteiger partial charge in [-0.05, 0) is 66.8 Å². The van der Waals surface area contributed by atoms with E-state index in [0.29, 0.717) is 12.1 Å². The maximum absolute atomic E-state index is 12.2. The van der Waals surface area contributed by atoms with E-state index in [0.717, 1.165) is 31.2 Å². The van der Waals surface area contributed by atoms with E-state index in [1.807, 2.05) is 0 Å². The van der Waals surface area contributed by atoms with Gasteiger partial charge in [0.2, 0.25) is 0 Å². The van der Waals surface area contributed by atoms with Crippen molar-refractivity contribution >= 4 is 51.0 Å². The molecule has 2 aromatic carbocycles. The molecular weight excluding hydrogens is 676 g/mol. The molecule has 0 saturated carbocycles. The molecule has 218 valence electrons. The van der Waals surface area contributed by atoms with E-state index in [9.17, 15) is 62.3 Å². The number of hydrogen-bond donors (Lipinski definition) is 0. The van der Waals surface area contributed by atoms with Gasteiger partial charge < -0.3 is 9.47 Å². The smallest absolute Gasteiger partial charge is 0.406 e. The standard InChI is InChI=1S/C10H5BrF6O2S.C10H6F6O2S/c11-4-8(18)5-1-6(19-9(12,13)14)3-7(2-5)20-10(15,16)17;1-5(17)6-2-7(18-9(11,12)13)4-8(3-6)19-10(14,15)16/h1-3H,4H2;2-4H,1H3. The number of carbonyl (C=O) groups excluding carboxylic acids is 2. The van der Waals surface area contributed by atoms with Gasteiger partial charge in [0.05, 0.1) is 5.33 Å². The lowest BCUT2D eigenvalue weighted by Gasteiger charge is -2.12. The Morgan fingerprint density at radius 2 is 1.03 bits per heavy atom. The summed E-state index contributed by atoms with van der Waals surface area (Å²) < 4.78 is 152. The van der Waals surface area contributed by atoms with Crippen LogP contribution in [-0.4, -0.2) is 40.6 Å². The first-order chi connectivity index (χ1) is 17.5. The van der Waals surface area contributed by atoms with Crippen molar-refractivity contribution in [3.05, 3.63) is 47.5 Å². The fourth-order valence-corrected chi connectivity index (χ4v) is 3.94. The van der Waals surface area contributed by atoms with Crippen molar-refractivity contribution in [3.63, 3.8) is 0 Å². The Morgan fingerprint density at radius 3 is 1.33 bits per heavy atom. The quantitative estimate of drug-likeness (QED) is 0.125. The summed E-state index contributed by atoms with van der Waals surface area (Å²) in [6.07, 6.45) is -10.1. The largest absolute Gasteiger partial charge is 0.573 e. The molecule has 0 unspecified atom stereocenters. The van der Waals surface area contributed by atoms with Crippen LogP contribution >= 0.6 is 39.5 Å². The molecule has 0 N–H and O–H groups in total. The molecule has 0 bridgehead atoms. The van der Waals surface area contributed by atoms with E-state index in [-0.39, 0.29) is 16.5 Å². The van der Waals surface area contributed by atoms with Gasteiger partial charge in [0.1, 0.15) is 11.5 Å². The fraction of sp³-hybridized carbons (Fsp3) is 0.300. The van der Waals surface area contributed by atoms with Gasteiger partial charge in [-0.3, -0.25) is 9.59 Å². The SMILES string of the molecule is CC(=O)c1cc(OC(F)(F)F)cc(SC(F)(F)F)c1.O=C(CBr)c1cc(OC(F)(F)F)cc(SC(F)(F)F)c1. The number of thioether (sulfide) groups is 2. The molecule has 0 amide bonds. The maximum Gasteiger partial charge on any atom is 0.573 e. The van der Waals surface area contributed by atoms with Crippen molar-refractivity contribution in [1.82, 2.24) is 0 Å². The molecule has 0 heterocycles. The van der Waals surface area contributed by atoms with E-state index in [4.69, 9.17) is 0 Å². The maximum atomic E-state index is 12.2. The summed E-state index contributed by atoms with van der Waals surface area (Å²) in [6.45, 7) is 1.02. The average Bonchev–Trinajstić information content (AvgIpc) is 2.68. The van der Waals surface area contributed by atoms with Gasteiger partial charge in [0.15, 0.2) is 11.6 Å². The molecule has 0 aliphatic carbocycles. The number of hydrogen-bond acceptors (Lipinski definition) is 6. The molecule has 2 aromatic rings. The third kappa shape index (κ3) is 15.2. The van der Waals surface area contributed by atoms with Crippen molar-refractivity contribution in [1.29, 1.82) is 0 Å². The van der Waals surface area contributed by atoms with Crippen LogP contribution in [0, 0.1) is 0 Å². The Labute approximate surface area is 227 Å². The Balaban J connectivity index is 0.000000391. The van der Waals surface area contributed by atoms with Crippen molar-refractivity contribution in [2.24, 2.45) is 0 Å². The summed E-state index contributed by atoms with van der Waals surface area (Å²) in [4.78, 5) is 21.3. The van der Waals surface area contributed by atoms with E-state index in [1.54, 1.807) is 0 Å². The lowest BCUT2D eigenvalue weighted by molar-refractivity contribution is -0.275. The average molecular weight is 687 g/mol. The highest BCUT2D eigenvalue weighted by Crippen LogP contribution is 2.40. The van der Waals surface area contributed by atoms with Gasteiger partial charge in [0, 0.05) is 20.9 Å². The van der Waals surface area contributed by atoms with Crippen molar-refractivity contribution < 1.29 is 71.7 Å². The van der Waals surface area contributed by atoms with Crippen molar-refractivity contribution in [2.75, 3.05) is 5.33 Å². The molecule has 39 heavy (non-hydrogen) atoms. The van der Waals surface area contributed by atoms with Crippen LogP contribution in [0.1, 0.15) is 27.6 Å². The molecule has 2 rings (SSSR count). The van der Waals surface area contributed by atoms with Crippen LogP contribution in [0.25, 0.3) is 0 Å². The minimum atomic E-state index is -5.06. The zero-order chi connectivity index (χ0) is 30.4. The zero-order valence-electron chi connectivity index (χ0n) is 18.5. The second-order valence-electron chi connectivity index (χ2n) is 6.69. The molecule has 0 fully saturated rings. The number of ketones is 2.